The molecule has 0 amide bonds. The van der Waals surface area contributed by atoms with E-state index in [9.17, 15) is 8.42 Å². The Labute approximate surface area is 128 Å². The average Bonchev–Trinajstić information content (AvgIpc) is 2.78. The van der Waals surface area contributed by atoms with Crippen molar-refractivity contribution in [1.29, 1.82) is 0 Å². The highest BCUT2D eigenvalue weighted by Gasteiger charge is 2.26. The van der Waals surface area contributed by atoms with Crippen LogP contribution in [0, 0.1) is 0 Å². The summed E-state index contributed by atoms with van der Waals surface area (Å²) < 4.78 is 28.9. The molecule has 3 N–H and O–H groups in total. The molecule has 0 saturated heterocycles. The fourth-order valence-electron chi connectivity index (χ4n) is 2.04. The van der Waals surface area contributed by atoms with Crippen molar-refractivity contribution in [3.63, 3.8) is 0 Å². The van der Waals surface area contributed by atoms with Crippen molar-refractivity contribution in [2.45, 2.75) is 12.2 Å². The molecule has 0 spiro atoms. The van der Waals surface area contributed by atoms with E-state index in [2.05, 4.69) is 10.2 Å². The van der Waals surface area contributed by atoms with Gasteiger partial charge in [0.25, 0.3) is 0 Å². The van der Waals surface area contributed by atoms with Gasteiger partial charge in [0.15, 0.2) is 15.7 Å². The number of aromatic nitrogens is 2. The van der Waals surface area contributed by atoms with E-state index in [1.54, 1.807) is 25.1 Å². The van der Waals surface area contributed by atoms with Gasteiger partial charge in [-0.15, -0.1) is 0 Å². The number of anilines is 1. The van der Waals surface area contributed by atoms with Crippen molar-refractivity contribution in [3.05, 3.63) is 28.9 Å². The summed E-state index contributed by atoms with van der Waals surface area (Å²) >= 11 is 6.02. The molecule has 8 heteroatoms. The molecular formula is C13H16ClN3O3S. The summed E-state index contributed by atoms with van der Waals surface area (Å²) in [5.74, 6) is 0.732. The summed E-state index contributed by atoms with van der Waals surface area (Å²) in [7, 11) is -1.79. The molecule has 1 heterocycles. The second kappa shape index (κ2) is 5.57. The Morgan fingerprint density at radius 3 is 2.67 bits per heavy atom. The van der Waals surface area contributed by atoms with Crippen LogP contribution in [-0.2, 0) is 9.84 Å². The molecule has 1 aromatic heterocycles. The number of nitrogens with zero attached hydrogens (tertiary/aromatic N) is 1. The molecule has 6 nitrogen and oxygen atoms in total. The van der Waals surface area contributed by atoms with E-state index in [1.807, 2.05) is 0 Å². The number of benzene rings is 1. The summed E-state index contributed by atoms with van der Waals surface area (Å²) in [6, 6.07) is 5.04. The van der Waals surface area contributed by atoms with E-state index >= 15 is 0 Å². The maximum Gasteiger partial charge on any atom is 0.155 e. The van der Waals surface area contributed by atoms with E-state index < -0.39 is 15.1 Å². The van der Waals surface area contributed by atoms with Crippen LogP contribution in [-0.4, -0.2) is 32.0 Å². The number of hydrogen-bond donors (Lipinski definition) is 2. The fourth-order valence-corrected chi connectivity index (χ4v) is 2.81. The molecule has 0 aliphatic rings. The zero-order chi connectivity index (χ0) is 15.8. The monoisotopic (exact) mass is 329 g/mol. The van der Waals surface area contributed by atoms with Crippen molar-refractivity contribution >= 4 is 27.3 Å². The second-order valence-electron chi connectivity index (χ2n) is 4.71. The second-order valence-corrected chi connectivity index (χ2v) is 7.52. The lowest BCUT2D eigenvalue weighted by atomic mass is 10.0. The Balaban J connectivity index is 2.71. The number of rotatable bonds is 4. The van der Waals surface area contributed by atoms with Crippen LogP contribution in [0.1, 0.15) is 17.9 Å². The zero-order valence-corrected chi connectivity index (χ0v) is 13.4. The average molecular weight is 330 g/mol. The van der Waals surface area contributed by atoms with Gasteiger partial charge >= 0.3 is 0 Å². The van der Waals surface area contributed by atoms with Crippen molar-refractivity contribution < 1.29 is 13.2 Å². The van der Waals surface area contributed by atoms with Crippen LogP contribution in [0.25, 0.3) is 11.1 Å². The highest BCUT2D eigenvalue weighted by atomic mass is 35.5. The van der Waals surface area contributed by atoms with E-state index in [0.29, 0.717) is 27.6 Å². The van der Waals surface area contributed by atoms with Crippen molar-refractivity contribution in [3.8, 4) is 16.9 Å². The van der Waals surface area contributed by atoms with Crippen LogP contribution in [0.5, 0.6) is 5.75 Å². The lowest BCUT2D eigenvalue weighted by Gasteiger charge is -2.13. The SMILES string of the molecule is COc1ccc(Cl)cc1-c1c(N)n[nH]c1C(C)S(C)(=O)=O. The Morgan fingerprint density at radius 2 is 2.10 bits per heavy atom. The summed E-state index contributed by atoms with van der Waals surface area (Å²) in [5, 5.41) is 6.33. The van der Waals surface area contributed by atoms with Gasteiger partial charge in [-0.2, -0.15) is 5.10 Å². The van der Waals surface area contributed by atoms with Gasteiger partial charge in [-0.25, -0.2) is 8.42 Å². The zero-order valence-electron chi connectivity index (χ0n) is 11.8. The van der Waals surface area contributed by atoms with Gasteiger partial charge < -0.3 is 10.5 Å². The molecule has 0 saturated carbocycles. The van der Waals surface area contributed by atoms with Crippen molar-refractivity contribution in [2.24, 2.45) is 0 Å². The first-order chi connectivity index (χ1) is 9.75. The van der Waals surface area contributed by atoms with E-state index in [4.69, 9.17) is 22.1 Å². The molecule has 0 bridgehead atoms. The predicted molar refractivity (Wildman–Crippen MR) is 83.3 cm³/mol. The minimum Gasteiger partial charge on any atom is -0.496 e. The minimum atomic E-state index is -3.30. The molecule has 1 unspecified atom stereocenters. The number of nitrogens with one attached hydrogen (secondary N) is 1. The summed E-state index contributed by atoms with van der Waals surface area (Å²) in [4.78, 5) is 0. The smallest absolute Gasteiger partial charge is 0.155 e. The number of aromatic amines is 1. The summed E-state index contributed by atoms with van der Waals surface area (Å²) in [5.41, 5.74) is 7.40. The number of nitrogens with two attached hydrogens (primary N) is 1. The first-order valence-electron chi connectivity index (χ1n) is 6.12. The lowest BCUT2D eigenvalue weighted by molar-refractivity contribution is 0.416. The molecular weight excluding hydrogens is 314 g/mol. The van der Waals surface area contributed by atoms with Crippen LogP contribution < -0.4 is 10.5 Å². The molecule has 0 aliphatic heterocycles. The highest BCUT2D eigenvalue weighted by Crippen LogP contribution is 2.40. The van der Waals surface area contributed by atoms with E-state index in [-0.39, 0.29) is 5.82 Å². The molecule has 1 aromatic carbocycles. The number of sulfone groups is 1. The number of nitrogen functional groups attached to an aromatic ring is 1. The number of H-pyrrole nitrogens is 1. The van der Waals surface area contributed by atoms with Crippen LogP contribution in [0.3, 0.4) is 0 Å². The van der Waals surface area contributed by atoms with Gasteiger partial charge in [-0.05, 0) is 25.1 Å². The summed E-state index contributed by atoms with van der Waals surface area (Å²) in [6.07, 6.45) is 1.16. The standard InChI is InChI=1S/C13H16ClN3O3S/c1-7(21(3,18)19)12-11(13(15)17-16-12)9-6-8(14)4-5-10(9)20-2/h4-7H,1-3H3,(H3,15,16,17). The number of halogens is 1. The molecule has 2 rings (SSSR count). The lowest BCUT2D eigenvalue weighted by Crippen LogP contribution is -2.09. The molecule has 21 heavy (non-hydrogen) atoms. The highest BCUT2D eigenvalue weighted by molar-refractivity contribution is 7.90. The molecule has 0 aliphatic carbocycles. The van der Waals surface area contributed by atoms with Gasteiger partial charge in [0.2, 0.25) is 0 Å². The molecule has 2 aromatic rings. The molecule has 1 atom stereocenters. The molecule has 0 fully saturated rings. The maximum atomic E-state index is 11.8. The topological polar surface area (TPSA) is 98.1 Å². The Bertz CT molecular complexity index is 771. The Morgan fingerprint density at radius 1 is 1.43 bits per heavy atom. The minimum absolute atomic E-state index is 0.195. The maximum absolute atomic E-state index is 11.8. The quantitative estimate of drug-likeness (QED) is 0.897. The first-order valence-corrected chi connectivity index (χ1v) is 8.45. The van der Waals surface area contributed by atoms with Crippen LogP contribution in [0.4, 0.5) is 5.82 Å². The Kier molecular flexibility index (Phi) is 4.15. The number of methoxy groups -OCH3 is 1. The third kappa shape index (κ3) is 2.98. The number of hydrogen-bond acceptors (Lipinski definition) is 5. The van der Waals surface area contributed by atoms with E-state index in [0.717, 1.165) is 6.26 Å². The summed E-state index contributed by atoms with van der Waals surface area (Å²) in [6.45, 7) is 1.57. The van der Waals surface area contributed by atoms with Gasteiger partial charge in [0.1, 0.15) is 11.0 Å². The van der Waals surface area contributed by atoms with Crippen LogP contribution in [0.2, 0.25) is 5.02 Å². The fraction of sp³-hybridized carbons (Fsp3) is 0.308. The molecule has 0 radical (unpaired) electrons. The normalized spacial score (nSPS) is 13.1. The predicted octanol–water partition coefficient (Wildman–Crippen LogP) is 2.43. The van der Waals surface area contributed by atoms with Crippen LogP contribution in [0.15, 0.2) is 18.2 Å². The molecule has 114 valence electrons. The van der Waals surface area contributed by atoms with Gasteiger partial charge in [-0.3, -0.25) is 5.10 Å². The third-order valence-corrected chi connectivity index (χ3v) is 5.06. The van der Waals surface area contributed by atoms with Crippen molar-refractivity contribution in [2.75, 3.05) is 19.1 Å². The van der Waals surface area contributed by atoms with Gasteiger partial charge in [0.05, 0.1) is 18.4 Å². The van der Waals surface area contributed by atoms with Gasteiger partial charge in [0, 0.05) is 16.8 Å². The van der Waals surface area contributed by atoms with Crippen molar-refractivity contribution in [1.82, 2.24) is 10.2 Å². The van der Waals surface area contributed by atoms with Gasteiger partial charge in [-0.1, -0.05) is 11.6 Å². The van der Waals surface area contributed by atoms with E-state index in [1.165, 1.54) is 7.11 Å². The first kappa shape index (κ1) is 15.7. The largest absolute Gasteiger partial charge is 0.496 e. The van der Waals surface area contributed by atoms with Crippen LogP contribution >= 0.6 is 11.6 Å². The Hall–Kier alpha value is -1.73. The number of ether oxygens (including phenoxy) is 1. The third-order valence-electron chi connectivity index (χ3n) is 3.30.